The van der Waals surface area contributed by atoms with Crippen molar-refractivity contribution in [3.63, 3.8) is 0 Å². The first-order valence-electron chi connectivity index (χ1n) is 6.63. The molecule has 1 fully saturated rings. The van der Waals surface area contributed by atoms with Crippen LogP contribution in [0.15, 0.2) is 24.3 Å². The van der Waals surface area contributed by atoms with Gasteiger partial charge in [0.05, 0.1) is 11.6 Å². The molecule has 1 aromatic carbocycles. The van der Waals surface area contributed by atoms with Crippen LogP contribution in [0.2, 0.25) is 5.02 Å². The molecule has 1 heterocycles. The smallest absolute Gasteiger partial charge is 0.222 e. The second kappa shape index (κ2) is 7.36. The van der Waals surface area contributed by atoms with Gasteiger partial charge < -0.3 is 15.0 Å². The molecule has 0 unspecified atom stereocenters. The van der Waals surface area contributed by atoms with E-state index in [-0.39, 0.29) is 5.91 Å². The molecule has 0 spiro atoms. The van der Waals surface area contributed by atoms with E-state index < -0.39 is 0 Å². The third-order valence-electron chi connectivity index (χ3n) is 3.10. The third-order valence-corrected chi connectivity index (χ3v) is 3.41. The summed E-state index contributed by atoms with van der Waals surface area (Å²) in [5, 5.41) is 3.84. The molecule has 104 valence electrons. The lowest BCUT2D eigenvalue weighted by molar-refractivity contribution is -0.132. The summed E-state index contributed by atoms with van der Waals surface area (Å²) in [5.41, 5.74) is 0. The van der Waals surface area contributed by atoms with Crippen molar-refractivity contribution in [2.75, 3.05) is 32.8 Å². The first-order chi connectivity index (χ1) is 9.27. The lowest BCUT2D eigenvalue weighted by atomic mass is 10.2. The number of ether oxygens (including phenoxy) is 1. The number of benzene rings is 1. The molecule has 0 radical (unpaired) electrons. The lowest BCUT2D eigenvalue weighted by Gasteiger charge is -2.27. The van der Waals surface area contributed by atoms with Crippen LogP contribution in [-0.2, 0) is 4.79 Å². The molecule has 0 saturated carbocycles. The molecule has 2 rings (SSSR count). The van der Waals surface area contributed by atoms with Crippen LogP contribution in [-0.4, -0.2) is 43.6 Å². The van der Waals surface area contributed by atoms with Gasteiger partial charge in [0, 0.05) is 32.6 Å². The van der Waals surface area contributed by atoms with Crippen LogP contribution in [0, 0.1) is 0 Å². The fourth-order valence-electron chi connectivity index (χ4n) is 2.04. The standard InChI is InChI=1S/C14H19ClN2O2/c15-12-4-1-2-5-13(12)19-11-3-6-14(18)17-9-7-16-8-10-17/h1-2,4-5,16H,3,6-11H2. The Balaban J connectivity index is 1.66. The van der Waals surface area contributed by atoms with Gasteiger partial charge in [-0.2, -0.15) is 0 Å². The van der Waals surface area contributed by atoms with Crippen molar-refractivity contribution in [3.8, 4) is 5.75 Å². The average molecular weight is 283 g/mol. The van der Waals surface area contributed by atoms with Gasteiger partial charge in [-0.1, -0.05) is 23.7 Å². The summed E-state index contributed by atoms with van der Waals surface area (Å²) in [6.07, 6.45) is 1.25. The number of halogens is 1. The topological polar surface area (TPSA) is 41.6 Å². The Kier molecular flexibility index (Phi) is 5.48. The van der Waals surface area contributed by atoms with Crippen LogP contribution >= 0.6 is 11.6 Å². The summed E-state index contributed by atoms with van der Waals surface area (Å²) in [4.78, 5) is 13.8. The fraction of sp³-hybridized carbons (Fsp3) is 0.500. The van der Waals surface area contributed by atoms with E-state index in [1.54, 1.807) is 6.07 Å². The molecule has 19 heavy (non-hydrogen) atoms. The first kappa shape index (κ1) is 14.2. The molecule has 0 atom stereocenters. The van der Waals surface area contributed by atoms with Gasteiger partial charge in [0.2, 0.25) is 5.91 Å². The quantitative estimate of drug-likeness (QED) is 0.839. The van der Waals surface area contributed by atoms with Gasteiger partial charge in [0.25, 0.3) is 0 Å². The van der Waals surface area contributed by atoms with Crippen LogP contribution in [0.3, 0.4) is 0 Å². The van der Waals surface area contributed by atoms with Gasteiger partial charge in [0.15, 0.2) is 0 Å². The fourth-order valence-corrected chi connectivity index (χ4v) is 2.23. The highest BCUT2D eigenvalue weighted by molar-refractivity contribution is 6.32. The minimum atomic E-state index is 0.212. The van der Waals surface area contributed by atoms with Gasteiger partial charge >= 0.3 is 0 Å². The molecule has 0 aromatic heterocycles. The number of hydrogen-bond acceptors (Lipinski definition) is 3. The van der Waals surface area contributed by atoms with Crippen molar-refractivity contribution in [2.45, 2.75) is 12.8 Å². The Morgan fingerprint density at radius 1 is 1.32 bits per heavy atom. The molecule has 1 amide bonds. The van der Waals surface area contributed by atoms with E-state index in [0.717, 1.165) is 26.2 Å². The SMILES string of the molecule is O=C(CCCOc1ccccc1Cl)N1CCNCC1. The molecule has 1 aliphatic heterocycles. The second-order valence-corrected chi connectivity index (χ2v) is 4.92. The van der Waals surface area contributed by atoms with Crippen LogP contribution < -0.4 is 10.1 Å². The Morgan fingerprint density at radius 2 is 2.05 bits per heavy atom. The zero-order valence-corrected chi connectivity index (χ0v) is 11.7. The maximum absolute atomic E-state index is 11.9. The van der Waals surface area contributed by atoms with E-state index in [1.807, 2.05) is 23.1 Å². The molecule has 5 heteroatoms. The van der Waals surface area contributed by atoms with Crippen molar-refractivity contribution < 1.29 is 9.53 Å². The van der Waals surface area contributed by atoms with E-state index >= 15 is 0 Å². The minimum absolute atomic E-state index is 0.212. The van der Waals surface area contributed by atoms with Crippen molar-refractivity contribution in [1.82, 2.24) is 10.2 Å². The predicted octanol–water partition coefficient (Wildman–Crippen LogP) is 1.93. The summed E-state index contributed by atoms with van der Waals surface area (Å²) in [6, 6.07) is 7.37. The van der Waals surface area contributed by atoms with Gasteiger partial charge in [-0.05, 0) is 18.6 Å². The summed E-state index contributed by atoms with van der Waals surface area (Å²) >= 11 is 5.98. The summed E-state index contributed by atoms with van der Waals surface area (Å²) in [5.74, 6) is 0.892. The molecule has 0 bridgehead atoms. The molecule has 1 aromatic rings. The van der Waals surface area contributed by atoms with E-state index in [0.29, 0.717) is 30.2 Å². The normalized spacial score (nSPS) is 15.3. The molecule has 0 aliphatic carbocycles. The van der Waals surface area contributed by atoms with Crippen molar-refractivity contribution in [3.05, 3.63) is 29.3 Å². The second-order valence-electron chi connectivity index (χ2n) is 4.51. The van der Waals surface area contributed by atoms with Crippen LogP contribution in [0.5, 0.6) is 5.75 Å². The summed E-state index contributed by atoms with van der Waals surface area (Å²) in [6.45, 7) is 3.92. The van der Waals surface area contributed by atoms with E-state index in [1.165, 1.54) is 0 Å². The third kappa shape index (κ3) is 4.40. The summed E-state index contributed by atoms with van der Waals surface area (Å²) in [7, 11) is 0. The number of hydrogen-bond donors (Lipinski definition) is 1. The van der Waals surface area contributed by atoms with Gasteiger partial charge in [-0.15, -0.1) is 0 Å². The highest BCUT2D eigenvalue weighted by Gasteiger charge is 2.15. The number of carbonyl (C=O) groups is 1. The number of nitrogens with zero attached hydrogens (tertiary/aromatic N) is 1. The number of amides is 1. The van der Waals surface area contributed by atoms with Gasteiger partial charge in [-0.3, -0.25) is 4.79 Å². The number of carbonyl (C=O) groups excluding carboxylic acids is 1. The van der Waals surface area contributed by atoms with Crippen LogP contribution in [0.4, 0.5) is 0 Å². The predicted molar refractivity (Wildman–Crippen MR) is 75.6 cm³/mol. The zero-order valence-electron chi connectivity index (χ0n) is 10.9. The van der Waals surface area contributed by atoms with Gasteiger partial charge in [-0.25, -0.2) is 0 Å². The van der Waals surface area contributed by atoms with Crippen molar-refractivity contribution in [1.29, 1.82) is 0 Å². The first-order valence-corrected chi connectivity index (χ1v) is 7.01. The zero-order chi connectivity index (χ0) is 13.5. The van der Waals surface area contributed by atoms with Crippen LogP contribution in [0.25, 0.3) is 0 Å². The molecular weight excluding hydrogens is 264 g/mol. The maximum atomic E-state index is 11.9. The molecule has 1 saturated heterocycles. The lowest BCUT2D eigenvalue weighted by Crippen LogP contribution is -2.46. The largest absolute Gasteiger partial charge is 0.492 e. The van der Waals surface area contributed by atoms with E-state index in [4.69, 9.17) is 16.3 Å². The van der Waals surface area contributed by atoms with Crippen LogP contribution in [0.1, 0.15) is 12.8 Å². The number of piperazine rings is 1. The molecular formula is C14H19ClN2O2. The average Bonchev–Trinajstić information content (AvgIpc) is 2.46. The highest BCUT2D eigenvalue weighted by Crippen LogP contribution is 2.23. The number of rotatable bonds is 5. The van der Waals surface area contributed by atoms with E-state index in [2.05, 4.69) is 5.32 Å². The highest BCUT2D eigenvalue weighted by atomic mass is 35.5. The molecule has 1 N–H and O–H groups in total. The molecule has 1 aliphatic rings. The minimum Gasteiger partial charge on any atom is -0.492 e. The van der Waals surface area contributed by atoms with Gasteiger partial charge in [0.1, 0.15) is 5.75 Å². The number of para-hydroxylation sites is 1. The van der Waals surface area contributed by atoms with Crippen molar-refractivity contribution >= 4 is 17.5 Å². The molecule has 4 nitrogen and oxygen atoms in total. The monoisotopic (exact) mass is 282 g/mol. The maximum Gasteiger partial charge on any atom is 0.222 e. The summed E-state index contributed by atoms with van der Waals surface area (Å²) < 4.78 is 5.56. The Morgan fingerprint density at radius 3 is 2.79 bits per heavy atom. The van der Waals surface area contributed by atoms with E-state index in [9.17, 15) is 4.79 Å². The Hall–Kier alpha value is -1.26. The Labute approximate surface area is 118 Å². The van der Waals surface area contributed by atoms with Crippen molar-refractivity contribution in [2.24, 2.45) is 0 Å². The number of nitrogens with one attached hydrogen (secondary N) is 1. The Bertz CT molecular complexity index is 420.